The fraction of sp³-hybridized carbons (Fsp3) is 0.188. The van der Waals surface area contributed by atoms with Crippen LogP contribution in [0.1, 0.15) is 15.9 Å². The van der Waals surface area contributed by atoms with Crippen molar-refractivity contribution in [2.75, 3.05) is 19.0 Å². The molecule has 0 heterocycles. The van der Waals surface area contributed by atoms with E-state index >= 15 is 0 Å². The predicted molar refractivity (Wildman–Crippen MR) is 80.5 cm³/mol. The number of anilines is 1. The first kappa shape index (κ1) is 14.9. The zero-order chi connectivity index (χ0) is 14.1. The number of carbonyl (C=O) groups is 1. The third-order valence-electron chi connectivity index (χ3n) is 2.62. The first-order chi connectivity index (χ1) is 9.17. The molecular weight excluding hydrogens is 236 g/mol. The van der Waals surface area contributed by atoms with Gasteiger partial charge in [-0.1, -0.05) is 30.3 Å². The van der Waals surface area contributed by atoms with Crippen LogP contribution in [0.15, 0.2) is 54.6 Å². The van der Waals surface area contributed by atoms with E-state index in [0.717, 1.165) is 17.5 Å². The molecule has 2 aromatic rings. The number of nitrogens with two attached hydrogens (primary N) is 1. The van der Waals surface area contributed by atoms with Crippen LogP contribution in [0.5, 0.6) is 0 Å². The molecule has 0 fully saturated rings. The summed E-state index contributed by atoms with van der Waals surface area (Å²) in [5.74, 6) is 0. The molecular formula is C16H20N2O. The smallest absolute Gasteiger partial charge is 0.150 e. The molecule has 0 amide bonds. The summed E-state index contributed by atoms with van der Waals surface area (Å²) in [5.41, 5.74) is 8.36. The summed E-state index contributed by atoms with van der Waals surface area (Å²) in [6.45, 7) is 0.640. The molecule has 2 N–H and O–H groups in total. The van der Waals surface area contributed by atoms with Gasteiger partial charge in [-0.25, -0.2) is 0 Å². The Hall–Kier alpha value is -2.13. The van der Waals surface area contributed by atoms with Crippen LogP contribution in [0.4, 0.5) is 5.69 Å². The second kappa shape index (κ2) is 8.06. The molecule has 0 bridgehead atoms. The van der Waals surface area contributed by atoms with E-state index in [1.807, 2.05) is 73.6 Å². The highest BCUT2D eigenvalue weighted by atomic mass is 16.1. The number of nitrogens with zero attached hydrogens (tertiary/aromatic N) is 1. The van der Waals surface area contributed by atoms with E-state index in [4.69, 9.17) is 5.73 Å². The lowest BCUT2D eigenvalue weighted by molar-refractivity contribution is 0.112. The van der Waals surface area contributed by atoms with Crippen LogP contribution in [0.3, 0.4) is 0 Å². The molecule has 0 aliphatic heterocycles. The van der Waals surface area contributed by atoms with Gasteiger partial charge in [-0.3, -0.25) is 4.79 Å². The molecule has 0 aromatic heterocycles. The van der Waals surface area contributed by atoms with Gasteiger partial charge < -0.3 is 10.6 Å². The molecule has 0 saturated heterocycles. The van der Waals surface area contributed by atoms with Crippen molar-refractivity contribution in [3.05, 3.63) is 65.7 Å². The Bertz CT molecular complexity index is 478. The number of hydrogen-bond donors (Lipinski definition) is 1. The maximum Gasteiger partial charge on any atom is 0.150 e. The molecule has 0 unspecified atom stereocenters. The van der Waals surface area contributed by atoms with E-state index in [9.17, 15) is 4.79 Å². The average molecular weight is 256 g/mol. The molecule has 2 aromatic carbocycles. The van der Waals surface area contributed by atoms with Gasteiger partial charge in [0.1, 0.15) is 6.29 Å². The number of benzene rings is 2. The lowest BCUT2D eigenvalue weighted by atomic mass is 10.2. The molecule has 100 valence electrons. The Morgan fingerprint density at radius 2 is 1.58 bits per heavy atom. The zero-order valence-corrected chi connectivity index (χ0v) is 11.4. The van der Waals surface area contributed by atoms with E-state index in [-0.39, 0.29) is 0 Å². The van der Waals surface area contributed by atoms with E-state index < -0.39 is 0 Å². The van der Waals surface area contributed by atoms with Crippen molar-refractivity contribution in [2.24, 2.45) is 5.73 Å². The van der Waals surface area contributed by atoms with Gasteiger partial charge in [0.05, 0.1) is 0 Å². The van der Waals surface area contributed by atoms with Crippen LogP contribution in [0, 0.1) is 0 Å². The van der Waals surface area contributed by atoms with Gasteiger partial charge in [-0.15, -0.1) is 0 Å². The maximum absolute atomic E-state index is 10.3. The summed E-state index contributed by atoms with van der Waals surface area (Å²) in [6, 6.07) is 17.4. The Labute approximate surface area is 114 Å². The third kappa shape index (κ3) is 5.36. The standard InChI is InChI=1S/C9H11NO.C7H9N/c1-10(2)9-5-3-8(7-11)4-6-9;8-6-7-4-2-1-3-5-7/h3-7H,1-2H3;1-5H,6,8H2. The first-order valence-corrected chi connectivity index (χ1v) is 6.14. The summed E-state index contributed by atoms with van der Waals surface area (Å²) >= 11 is 0. The Balaban J connectivity index is 0.000000200. The lowest BCUT2D eigenvalue weighted by Gasteiger charge is -2.11. The van der Waals surface area contributed by atoms with E-state index in [0.29, 0.717) is 6.54 Å². The molecule has 0 spiro atoms. The summed E-state index contributed by atoms with van der Waals surface area (Å²) in [4.78, 5) is 12.3. The van der Waals surface area contributed by atoms with Crippen molar-refractivity contribution in [3.63, 3.8) is 0 Å². The number of rotatable bonds is 3. The quantitative estimate of drug-likeness (QED) is 0.859. The lowest BCUT2D eigenvalue weighted by Crippen LogP contribution is -2.08. The highest BCUT2D eigenvalue weighted by Crippen LogP contribution is 2.10. The predicted octanol–water partition coefficient (Wildman–Crippen LogP) is 2.71. The normalized spacial score (nSPS) is 9.21. The molecule has 19 heavy (non-hydrogen) atoms. The Morgan fingerprint density at radius 1 is 1.00 bits per heavy atom. The van der Waals surface area contributed by atoms with Gasteiger partial charge >= 0.3 is 0 Å². The van der Waals surface area contributed by atoms with Crippen molar-refractivity contribution in [3.8, 4) is 0 Å². The van der Waals surface area contributed by atoms with Gasteiger partial charge in [-0.05, 0) is 29.8 Å². The zero-order valence-electron chi connectivity index (χ0n) is 11.4. The van der Waals surface area contributed by atoms with E-state index in [1.54, 1.807) is 0 Å². The summed E-state index contributed by atoms with van der Waals surface area (Å²) in [7, 11) is 3.94. The van der Waals surface area contributed by atoms with Crippen molar-refractivity contribution in [2.45, 2.75) is 6.54 Å². The van der Waals surface area contributed by atoms with E-state index in [2.05, 4.69) is 0 Å². The third-order valence-corrected chi connectivity index (χ3v) is 2.62. The van der Waals surface area contributed by atoms with Crippen LogP contribution in [-0.2, 0) is 6.54 Å². The number of carbonyl (C=O) groups excluding carboxylic acids is 1. The van der Waals surface area contributed by atoms with Crippen molar-refractivity contribution in [1.29, 1.82) is 0 Å². The molecule has 0 radical (unpaired) electrons. The monoisotopic (exact) mass is 256 g/mol. The highest BCUT2D eigenvalue weighted by Gasteiger charge is 1.93. The highest BCUT2D eigenvalue weighted by molar-refractivity contribution is 5.75. The fourth-order valence-electron chi connectivity index (χ4n) is 1.47. The van der Waals surface area contributed by atoms with E-state index in [1.165, 1.54) is 5.56 Å². The Morgan fingerprint density at radius 3 is 1.95 bits per heavy atom. The minimum absolute atomic E-state index is 0.640. The van der Waals surface area contributed by atoms with Crippen molar-refractivity contribution in [1.82, 2.24) is 0 Å². The maximum atomic E-state index is 10.3. The molecule has 0 aliphatic carbocycles. The van der Waals surface area contributed by atoms with Crippen LogP contribution in [0.2, 0.25) is 0 Å². The van der Waals surface area contributed by atoms with Crippen molar-refractivity contribution < 1.29 is 4.79 Å². The number of hydrogen-bond acceptors (Lipinski definition) is 3. The molecule has 0 saturated carbocycles. The molecule has 3 heteroatoms. The summed E-state index contributed by atoms with van der Waals surface area (Å²) in [6.07, 6.45) is 0.847. The van der Waals surface area contributed by atoms with Crippen LogP contribution < -0.4 is 10.6 Å². The largest absolute Gasteiger partial charge is 0.378 e. The van der Waals surface area contributed by atoms with Crippen LogP contribution in [0.25, 0.3) is 0 Å². The second-order valence-electron chi connectivity index (χ2n) is 4.29. The SMILES string of the molecule is CN(C)c1ccc(C=O)cc1.NCc1ccccc1. The summed E-state index contributed by atoms with van der Waals surface area (Å²) < 4.78 is 0. The van der Waals surface area contributed by atoms with Crippen molar-refractivity contribution >= 4 is 12.0 Å². The van der Waals surface area contributed by atoms with Gasteiger partial charge in [0.2, 0.25) is 0 Å². The number of aldehydes is 1. The summed E-state index contributed by atoms with van der Waals surface area (Å²) in [5, 5.41) is 0. The van der Waals surface area contributed by atoms with Gasteiger partial charge in [0, 0.05) is 31.9 Å². The van der Waals surface area contributed by atoms with Gasteiger partial charge in [0.15, 0.2) is 0 Å². The average Bonchev–Trinajstić information content (AvgIpc) is 2.48. The van der Waals surface area contributed by atoms with Gasteiger partial charge in [-0.2, -0.15) is 0 Å². The molecule has 3 nitrogen and oxygen atoms in total. The molecule has 2 rings (SSSR count). The van der Waals surface area contributed by atoms with Crippen LogP contribution >= 0.6 is 0 Å². The molecule has 0 atom stereocenters. The van der Waals surface area contributed by atoms with Gasteiger partial charge in [0.25, 0.3) is 0 Å². The minimum atomic E-state index is 0.640. The van der Waals surface area contributed by atoms with Crippen LogP contribution in [-0.4, -0.2) is 20.4 Å². The fourth-order valence-corrected chi connectivity index (χ4v) is 1.47. The molecule has 0 aliphatic rings. The Kier molecular flexibility index (Phi) is 6.33. The topological polar surface area (TPSA) is 46.3 Å². The minimum Gasteiger partial charge on any atom is -0.378 e. The second-order valence-corrected chi connectivity index (χ2v) is 4.29. The first-order valence-electron chi connectivity index (χ1n) is 6.14.